The minimum Gasteiger partial charge on any atom is -0.376 e. The van der Waals surface area contributed by atoms with E-state index in [1.54, 1.807) is 0 Å². The quantitative estimate of drug-likeness (QED) is 0.845. The first kappa shape index (κ1) is 14.2. The first-order valence-electron chi connectivity index (χ1n) is 7.97. The van der Waals surface area contributed by atoms with Crippen LogP contribution in [0, 0.1) is 10.6 Å². The lowest BCUT2D eigenvalue weighted by Gasteiger charge is -2.28. The lowest BCUT2D eigenvalue weighted by atomic mass is 9.79. The van der Waals surface area contributed by atoms with Crippen molar-refractivity contribution in [1.29, 1.82) is 0 Å². The summed E-state index contributed by atoms with van der Waals surface area (Å²) in [5.74, 6) is 2.65. The monoisotopic (exact) mass is 292 g/mol. The molecular weight excluding hydrogens is 268 g/mol. The summed E-state index contributed by atoms with van der Waals surface area (Å²) >= 11 is 5.45. The Kier molecular flexibility index (Phi) is 4.51. The van der Waals surface area contributed by atoms with Gasteiger partial charge in [0.25, 0.3) is 0 Å². The Morgan fingerprint density at radius 3 is 2.85 bits per heavy atom. The SMILES string of the molecule is CCCC1CCC(c2nc(=S)c3c([nH]2)CCOC3)CC1. The molecule has 1 aliphatic heterocycles. The highest BCUT2D eigenvalue weighted by atomic mass is 32.1. The van der Waals surface area contributed by atoms with E-state index in [0.29, 0.717) is 12.5 Å². The second-order valence-corrected chi connectivity index (χ2v) is 6.58. The molecule has 2 heterocycles. The Labute approximate surface area is 126 Å². The second kappa shape index (κ2) is 6.35. The van der Waals surface area contributed by atoms with Crippen molar-refractivity contribution in [2.75, 3.05) is 6.61 Å². The van der Waals surface area contributed by atoms with E-state index in [1.165, 1.54) is 44.2 Å². The molecule has 0 atom stereocenters. The van der Waals surface area contributed by atoms with Crippen molar-refractivity contribution >= 4 is 12.2 Å². The predicted molar refractivity (Wildman–Crippen MR) is 82.4 cm³/mol. The van der Waals surface area contributed by atoms with Crippen LogP contribution in [0.2, 0.25) is 0 Å². The molecule has 0 aromatic carbocycles. The average Bonchev–Trinajstić information content (AvgIpc) is 2.48. The number of rotatable bonds is 3. The van der Waals surface area contributed by atoms with Crippen molar-refractivity contribution in [2.45, 2.75) is 64.4 Å². The molecule has 0 bridgehead atoms. The Morgan fingerprint density at radius 2 is 2.10 bits per heavy atom. The minimum absolute atomic E-state index is 0.581. The smallest absolute Gasteiger partial charge is 0.135 e. The molecule has 0 radical (unpaired) electrons. The zero-order chi connectivity index (χ0) is 13.9. The molecular formula is C16H24N2OS. The second-order valence-electron chi connectivity index (χ2n) is 6.19. The molecule has 0 saturated heterocycles. The lowest BCUT2D eigenvalue weighted by molar-refractivity contribution is 0.108. The third-order valence-corrected chi connectivity index (χ3v) is 5.13. The standard InChI is InChI=1S/C16H24N2OS/c1-2-3-11-4-6-12(7-5-11)15-17-14-8-9-19-10-13(14)16(20)18-15/h11-12H,2-10H2,1H3,(H,17,18,20). The molecule has 0 spiro atoms. The van der Waals surface area contributed by atoms with Crippen LogP contribution in [0.5, 0.6) is 0 Å². The van der Waals surface area contributed by atoms with E-state index >= 15 is 0 Å². The molecule has 0 amide bonds. The van der Waals surface area contributed by atoms with Crippen molar-refractivity contribution in [1.82, 2.24) is 9.97 Å². The number of fused-ring (bicyclic) bond motifs is 1. The molecule has 1 aromatic rings. The fraction of sp³-hybridized carbons (Fsp3) is 0.750. The van der Waals surface area contributed by atoms with Crippen molar-refractivity contribution < 1.29 is 4.74 Å². The molecule has 3 nitrogen and oxygen atoms in total. The highest BCUT2D eigenvalue weighted by molar-refractivity contribution is 7.71. The predicted octanol–water partition coefficient (Wildman–Crippen LogP) is 4.29. The maximum atomic E-state index is 5.48. The van der Waals surface area contributed by atoms with Crippen LogP contribution in [-0.4, -0.2) is 16.6 Å². The van der Waals surface area contributed by atoms with E-state index < -0.39 is 0 Å². The average molecular weight is 292 g/mol. The van der Waals surface area contributed by atoms with Crippen LogP contribution in [0.1, 0.15) is 68.4 Å². The fourth-order valence-electron chi connectivity index (χ4n) is 3.60. The summed E-state index contributed by atoms with van der Waals surface area (Å²) in [6.45, 7) is 3.71. The molecule has 1 N–H and O–H groups in total. The number of H-pyrrole nitrogens is 1. The first-order valence-corrected chi connectivity index (χ1v) is 8.38. The molecule has 1 aliphatic carbocycles. The molecule has 20 heavy (non-hydrogen) atoms. The Bertz CT molecular complexity index is 518. The topological polar surface area (TPSA) is 37.9 Å². The van der Waals surface area contributed by atoms with Gasteiger partial charge >= 0.3 is 0 Å². The fourth-order valence-corrected chi connectivity index (χ4v) is 3.88. The van der Waals surface area contributed by atoms with Gasteiger partial charge in [0.15, 0.2) is 0 Å². The number of nitrogens with one attached hydrogen (secondary N) is 1. The van der Waals surface area contributed by atoms with Gasteiger partial charge in [0.2, 0.25) is 0 Å². The van der Waals surface area contributed by atoms with Gasteiger partial charge in [-0.05, 0) is 31.6 Å². The first-order chi connectivity index (χ1) is 9.78. The summed E-state index contributed by atoms with van der Waals surface area (Å²) in [7, 11) is 0. The van der Waals surface area contributed by atoms with E-state index in [2.05, 4.69) is 16.9 Å². The van der Waals surface area contributed by atoms with Gasteiger partial charge in [0.1, 0.15) is 10.5 Å². The molecule has 0 unspecified atom stereocenters. The van der Waals surface area contributed by atoms with E-state index in [9.17, 15) is 0 Å². The number of aromatic nitrogens is 2. The summed E-state index contributed by atoms with van der Waals surface area (Å²) in [4.78, 5) is 8.22. The van der Waals surface area contributed by atoms with E-state index in [1.807, 2.05) is 0 Å². The summed E-state index contributed by atoms with van der Waals surface area (Å²) in [5, 5.41) is 0. The lowest BCUT2D eigenvalue weighted by Crippen LogP contribution is -2.19. The van der Waals surface area contributed by atoms with Crippen LogP contribution >= 0.6 is 12.2 Å². The van der Waals surface area contributed by atoms with Crippen LogP contribution in [-0.2, 0) is 17.8 Å². The zero-order valence-electron chi connectivity index (χ0n) is 12.3. The molecule has 110 valence electrons. The highest BCUT2D eigenvalue weighted by Crippen LogP contribution is 2.36. The Balaban J connectivity index is 1.75. The van der Waals surface area contributed by atoms with Crippen molar-refractivity contribution in [3.05, 3.63) is 21.7 Å². The van der Waals surface area contributed by atoms with Gasteiger partial charge in [-0.3, -0.25) is 0 Å². The van der Waals surface area contributed by atoms with Gasteiger partial charge in [-0.15, -0.1) is 0 Å². The van der Waals surface area contributed by atoms with Gasteiger partial charge in [0.05, 0.1) is 13.2 Å². The Morgan fingerprint density at radius 1 is 1.30 bits per heavy atom. The number of ether oxygens (including phenoxy) is 1. The molecule has 3 rings (SSSR count). The van der Waals surface area contributed by atoms with Crippen LogP contribution in [0.4, 0.5) is 0 Å². The summed E-state index contributed by atoms with van der Waals surface area (Å²) < 4.78 is 6.23. The molecule has 1 fully saturated rings. The largest absolute Gasteiger partial charge is 0.376 e. The minimum atomic E-state index is 0.581. The van der Waals surface area contributed by atoms with Gasteiger partial charge < -0.3 is 9.72 Å². The van der Waals surface area contributed by atoms with Crippen molar-refractivity contribution in [2.24, 2.45) is 5.92 Å². The number of nitrogens with zero attached hydrogens (tertiary/aromatic N) is 1. The third kappa shape index (κ3) is 2.96. The van der Waals surface area contributed by atoms with Gasteiger partial charge in [-0.25, -0.2) is 4.98 Å². The van der Waals surface area contributed by atoms with E-state index in [0.717, 1.165) is 35.0 Å². The maximum absolute atomic E-state index is 5.48. The summed E-state index contributed by atoms with van der Waals surface area (Å²) in [5.41, 5.74) is 2.37. The van der Waals surface area contributed by atoms with E-state index in [4.69, 9.17) is 17.0 Å². The Hall–Kier alpha value is -0.740. The summed E-state index contributed by atoms with van der Waals surface area (Å²) in [6, 6.07) is 0. The zero-order valence-corrected chi connectivity index (χ0v) is 13.1. The van der Waals surface area contributed by atoms with Gasteiger partial charge in [-0.1, -0.05) is 32.0 Å². The molecule has 2 aliphatic rings. The number of aromatic amines is 1. The van der Waals surface area contributed by atoms with Crippen LogP contribution < -0.4 is 0 Å². The maximum Gasteiger partial charge on any atom is 0.135 e. The van der Waals surface area contributed by atoms with Crippen molar-refractivity contribution in [3.63, 3.8) is 0 Å². The van der Waals surface area contributed by atoms with Gasteiger partial charge in [0, 0.05) is 23.6 Å². The molecule has 4 heteroatoms. The molecule has 1 saturated carbocycles. The van der Waals surface area contributed by atoms with E-state index in [-0.39, 0.29) is 0 Å². The van der Waals surface area contributed by atoms with Crippen LogP contribution in [0.25, 0.3) is 0 Å². The third-order valence-electron chi connectivity index (χ3n) is 4.80. The summed E-state index contributed by atoms with van der Waals surface area (Å²) in [6.07, 6.45) is 8.87. The van der Waals surface area contributed by atoms with Gasteiger partial charge in [-0.2, -0.15) is 0 Å². The highest BCUT2D eigenvalue weighted by Gasteiger charge is 2.24. The van der Waals surface area contributed by atoms with Crippen molar-refractivity contribution in [3.8, 4) is 0 Å². The number of hydrogen-bond donors (Lipinski definition) is 1. The van der Waals surface area contributed by atoms with Crippen LogP contribution in [0.3, 0.4) is 0 Å². The van der Waals surface area contributed by atoms with Crippen LogP contribution in [0.15, 0.2) is 0 Å². The number of hydrogen-bond acceptors (Lipinski definition) is 3. The molecule has 1 aromatic heterocycles. The normalized spacial score (nSPS) is 26.2.